The van der Waals surface area contributed by atoms with Gasteiger partial charge in [-0.15, -0.1) is 0 Å². The highest BCUT2D eigenvalue weighted by Crippen LogP contribution is 2.14. The molecule has 0 saturated carbocycles. The molecule has 1 aliphatic rings. The number of nitrogens with zero attached hydrogens (tertiary/aromatic N) is 3. The summed E-state index contributed by atoms with van der Waals surface area (Å²) in [4.78, 5) is 27.3. The SMILES string of the molecule is O=c1c(Cl)c(Cl)c(=O)n(-c2ccccc2)n1CCN1CCOCC1. The van der Waals surface area contributed by atoms with Crippen LogP contribution in [0.4, 0.5) is 0 Å². The Hall–Kier alpha value is -1.60. The predicted octanol–water partition coefficient (Wildman–Crippen LogP) is 1.64. The van der Waals surface area contributed by atoms with Gasteiger partial charge in [-0.05, 0) is 12.1 Å². The molecule has 2 aromatic rings. The van der Waals surface area contributed by atoms with Gasteiger partial charge in [0.05, 0.1) is 25.4 Å². The normalized spacial score (nSPS) is 15.6. The van der Waals surface area contributed by atoms with Crippen LogP contribution in [-0.2, 0) is 11.3 Å². The zero-order chi connectivity index (χ0) is 17.1. The molecule has 1 aromatic heterocycles. The number of benzene rings is 1. The number of hydrogen-bond acceptors (Lipinski definition) is 4. The molecule has 0 atom stereocenters. The molecular formula is C16H17Cl2N3O3. The number of rotatable bonds is 4. The molecule has 6 nitrogen and oxygen atoms in total. The highest BCUT2D eigenvalue weighted by Gasteiger charge is 2.18. The third-order valence-corrected chi connectivity index (χ3v) is 4.77. The van der Waals surface area contributed by atoms with E-state index in [0.717, 1.165) is 13.1 Å². The van der Waals surface area contributed by atoms with Gasteiger partial charge < -0.3 is 4.74 Å². The van der Waals surface area contributed by atoms with Crippen molar-refractivity contribution in [3.8, 4) is 5.69 Å². The van der Waals surface area contributed by atoms with Gasteiger partial charge in [0, 0.05) is 19.6 Å². The molecular weight excluding hydrogens is 353 g/mol. The number of hydrogen-bond donors (Lipinski definition) is 0. The third-order valence-electron chi connectivity index (χ3n) is 3.97. The molecule has 1 aliphatic heterocycles. The molecule has 2 heterocycles. The van der Waals surface area contributed by atoms with Crippen LogP contribution in [0.5, 0.6) is 0 Å². The lowest BCUT2D eigenvalue weighted by Gasteiger charge is -2.27. The second-order valence-corrected chi connectivity index (χ2v) is 6.22. The van der Waals surface area contributed by atoms with E-state index in [4.69, 9.17) is 27.9 Å². The highest BCUT2D eigenvalue weighted by molar-refractivity contribution is 6.41. The first kappa shape index (κ1) is 17.2. The Morgan fingerprint density at radius 2 is 1.54 bits per heavy atom. The largest absolute Gasteiger partial charge is 0.379 e. The van der Waals surface area contributed by atoms with E-state index in [2.05, 4.69) is 4.90 Å². The van der Waals surface area contributed by atoms with Gasteiger partial charge in [0.2, 0.25) is 0 Å². The van der Waals surface area contributed by atoms with Crippen molar-refractivity contribution in [1.29, 1.82) is 0 Å². The molecule has 1 fully saturated rings. The van der Waals surface area contributed by atoms with Gasteiger partial charge in [0.1, 0.15) is 10.0 Å². The van der Waals surface area contributed by atoms with Gasteiger partial charge in [-0.3, -0.25) is 14.5 Å². The summed E-state index contributed by atoms with van der Waals surface area (Å²) in [6.07, 6.45) is 0. The molecule has 0 radical (unpaired) electrons. The van der Waals surface area contributed by atoms with Crippen LogP contribution in [0, 0.1) is 0 Å². The van der Waals surface area contributed by atoms with Crippen LogP contribution in [0.1, 0.15) is 0 Å². The average Bonchev–Trinajstić information content (AvgIpc) is 2.63. The lowest BCUT2D eigenvalue weighted by molar-refractivity contribution is 0.0355. The fourth-order valence-electron chi connectivity index (χ4n) is 2.68. The van der Waals surface area contributed by atoms with Crippen molar-refractivity contribution in [2.45, 2.75) is 6.54 Å². The quantitative estimate of drug-likeness (QED) is 0.821. The maximum Gasteiger partial charge on any atom is 0.290 e. The molecule has 0 aliphatic carbocycles. The second-order valence-electron chi connectivity index (χ2n) is 5.46. The molecule has 0 unspecified atom stereocenters. The standard InChI is InChI=1S/C16H17Cl2N3O3/c17-13-14(18)16(23)21(12-4-2-1-3-5-12)20(15(13)22)7-6-19-8-10-24-11-9-19/h1-5H,6-11H2. The fourth-order valence-corrected chi connectivity index (χ4v) is 3.02. The monoisotopic (exact) mass is 369 g/mol. The van der Waals surface area contributed by atoms with Crippen LogP contribution >= 0.6 is 23.2 Å². The lowest BCUT2D eigenvalue weighted by Crippen LogP contribution is -2.43. The smallest absolute Gasteiger partial charge is 0.290 e. The van der Waals surface area contributed by atoms with E-state index >= 15 is 0 Å². The van der Waals surface area contributed by atoms with Gasteiger partial charge in [0.25, 0.3) is 11.1 Å². The summed E-state index contributed by atoms with van der Waals surface area (Å²) in [5, 5.41) is -0.496. The van der Waals surface area contributed by atoms with Crippen LogP contribution in [0.15, 0.2) is 39.9 Å². The summed E-state index contributed by atoms with van der Waals surface area (Å²) in [5.74, 6) is 0. The van der Waals surface area contributed by atoms with E-state index in [9.17, 15) is 9.59 Å². The maximum atomic E-state index is 12.6. The minimum atomic E-state index is -0.505. The number of halogens is 2. The Bertz CT molecular complexity index is 827. The van der Waals surface area contributed by atoms with Gasteiger partial charge in [0.15, 0.2) is 0 Å². The van der Waals surface area contributed by atoms with E-state index < -0.39 is 11.1 Å². The Labute approximate surface area is 148 Å². The van der Waals surface area contributed by atoms with Crippen LogP contribution in [0.25, 0.3) is 5.69 Å². The molecule has 24 heavy (non-hydrogen) atoms. The summed E-state index contributed by atoms with van der Waals surface area (Å²) >= 11 is 11.9. The van der Waals surface area contributed by atoms with Crippen molar-refractivity contribution in [2.75, 3.05) is 32.8 Å². The summed E-state index contributed by atoms with van der Waals surface area (Å²) < 4.78 is 7.96. The van der Waals surface area contributed by atoms with Gasteiger partial charge in [-0.2, -0.15) is 0 Å². The van der Waals surface area contributed by atoms with Gasteiger partial charge in [-0.25, -0.2) is 9.36 Å². The number of para-hydroxylation sites is 1. The Balaban J connectivity index is 2.03. The van der Waals surface area contributed by atoms with Crippen molar-refractivity contribution in [3.63, 3.8) is 0 Å². The van der Waals surface area contributed by atoms with Gasteiger partial charge >= 0.3 is 0 Å². The Morgan fingerprint density at radius 3 is 2.21 bits per heavy atom. The van der Waals surface area contributed by atoms with E-state index in [1.165, 1.54) is 9.36 Å². The summed E-state index contributed by atoms with van der Waals surface area (Å²) in [6.45, 7) is 3.88. The zero-order valence-corrected chi connectivity index (χ0v) is 14.5. The topological polar surface area (TPSA) is 56.5 Å². The van der Waals surface area contributed by atoms with E-state index in [-0.39, 0.29) is 10.0 Å². The van der Waals surface area contributed by atoms with Crippen LogP contribution in [-0.4, -0.2) is 47.1 Å². The molecule has 0 bridgehead atoms. The summed E-state index contributed by atoms with van der Waals surface area (Å²) in [5.41, 5.74) is -0.409. The van der Waals surface area contributed by atoms with Gasteiger partial charge in [-0.1, -0.05) is 41.4 Å². The van der Waals surface area contributed by atoms with Crippen molar-refractivity contribution in [1.82, 2.24) is 14.3 Å². The Kier molecular flexibility index (Phi) is 5.40. The highest BCUT2D eigenvalue weighted by atomic mass is 35.5. The van der Waals surface area contributed by atoms with Crippen molar-refractivity contribution < 1.29 is 4.74 Å². The van der Waals surface area contributed by atoms with E-state index in [1.807, 2.05) is 6.07 Å². The number of ether oxygens (including phenoxy) is 1. The summed E-state index contributed by atoms with van der Waals surface area (Å²) in [7, 11) is 0. The van der Waals surface area contributed by atoms with E-state index in [1.54, 1.807) is 24.3 Å². The molecule has 0 spiro atoms. The van der Waals surface area contributed by atoms with Crippen LogP contribution in [0.2, 0.25) is 10.0 Å². The first-order chi connectivity index (χ1) is 11.6. The van der Waals surface area contributed by atoms with Crippen LogP contribution in [0.3, 0.4) is 0 Å². The van der Waals surface area contributed by atoms with E-state index in [0.29, 0.717) is 32.0 Å². The predicted molar refractivity (Wildman–Crippen MR) is 93.6 cm³/mol. The minimum absolute atomic E-state index is 0.240. The fraction of sp³-hybridized carbons (Fsp3) is 0.375. The molecule has 1 aromatic carbocycles. The molecule has 8 heteroatoms. The number of morpholine rings is 1. The second kappa shape index (κ2) is 7.53. The molecule has 0 N–H and O–H groups in total. The summed E-state index contributed by atoms with van der Waals surface area (Å²) in [6, 6.07) is 8.91. The molecule has 0 amide bonds. The van der Waals surface area contributed by atoms with Crippen molar-refractivity contribution in [2.24, 2.45) is 0 Å². The Morgan fingerprint density at radius 1 is 0.917 bits per heavy atom. The first-order valence-corrected chi connectivity index (χ1v) is 8.42. The van der Waals surface area contributed by atoms with Crippen molar-refractivity contribution in [3.05, 3.63) is 61.1 Å². The molecule has 128 valence electrons. The zero-order valence-electron chi connectivity index (χ0n) is 13.0. The number of aromatic nitrogens is 2. The molecule has 3 rings (SSSR count). The lowest BCUT2D eigenvalue weighted by atomic mass is 10.3. The average molecular weight is 370 g/mol. The first-order valence-electron chi connectivity index (χ1n) is 7.66. The van der Waals surface area contributed by atoms with Crippen molar-refractivity contribution >= 4 is 23.2 Å². The minimum Gasteiger partial charge on any atom is -0.379 e. The van der Waals surface area contributed by atoms with Crippen LogP contribution < -0.4 is 11.1 Å². The maximum absolute atomic E-state index is 12.6. The third kappa shape index (κ3) is 3.42. The molecule has 1 saturated heterocycles.